The zero-order valence-corrected chi connectivity index (χ0v) is 15.1. The van der Waals surface area contributed by atoms with E-state index in [4.69, 9.17) is 4.74 Å². The first kappa shape index (κ1) is 17.5. The number of carbonyl (C=O) groups is 1. The monoisotopic (exact) mass is 338 g/mol. The van der Waals surface area contributed by atoms with E-state index < -0.39 is 0 Å². The Morgan fingerprint density at radius 2 is 1.73 bits per heavy atom. The van der Waals surface area contributed by atoms with Gasteiger partial charge in [0.05, 0.1) is 4.70 Å². The van der Waals surface area contributed by atoms with Gasteiger partial charge in [-0.25, -0.2) is 0 Å². The van der Waals surface area contributed by atoms with Gasteiger partial charge in [-0.3, -0.25) is 4.79 Å². The van der Waals surface area contributed by atoms with E-state index in [1.807, 2.05) is 6.07 Å². The van der Waals surface area contributed by atoms with E-state index in [0.29, 0.717) is 11.5 Å². The van der Waals surface area contributed by atoms with Crippen molar-refractivity contribution in [1.29, 1.82) is 0 Å². The van der Waals surface area contributed by atoms with Crippen molar-refractivity contribution in [1.82, 2.24) is 0 Å². The van der Waals surface area contributed by atoms with Crippen LogP contribution in [0.25, 0.3) is 9.40 Å². The SMILES string of the molecule is CCCCCCCCCCCc1csc2cc(OC=O)sc12. The van der Waals surface area contributed by atoms with E-state index in [-0.39, 0.29) is 0 Å². The minimum absolute atomic E-state index is 0.509. The van der Waals surface area contributed by atoms with E-state index in [0.717, 1.165) is 6.42 Å². The Morgan fingerprint density at radius 1 is 1.05 bits per heavy atom. The Labute approximate surface area is 141 Å². The predicted octanol–water partition coefficient (Wildman–Crippen LogP) is 6.57. The van der Waals surface area contributed by atoms with Crippen molar-refractivity contribution < 1.29 is 9.53 Å². The minimum Gasteiger partial charge on any atom is -0.418 e. The predicted molar refractivity (Wildman–Crippen MR) is 97.3 cm³/mol. The van der Waals surface area contributed by atoms with Crippen LogP contribution < -0.4 is 4.74 Å². The summed E-state index contributed by atoms with van der Waals surface area (Å²) in [7, 11) is 0. The molecule has 2 rings (SSSR count). The van der Waals surface area contributed by atoms with Crippen LogP contribution in [0.15, 0.2) is 11.4 Å². The van der Waals surface area contributed by atoms with Crippen molar-refractivity contribution >= 4 is 38.5 Å². The highest BCUT2D eigenvalue weighted by molar-refractivity contribution is 7.28. The molecule has 0 bridgehead atoms. The number of ether oxygens (including phenoxy) is 1. The first-order chi connectivity index (χ1) is 10.8. The van der Waals surface area contributed by atoms with Gasteiger partial charge in [-0.1, -0.05) is 69.6 Å². The molecular formula is C18H26O2S2. The van der Waals surface area contributed by atoms with Crippen molar-refractivity contribution in [2.45, 2.75) is 71.1 Å². The summed E-state index contributed by atoms with van der Waals surface area (Å²) in [5.41, 5.74) is 1.42. The van der Waals surface area contributed by atoms with Crippen LogP contribution in [0.5, 0.6) is 5.06 Å². The van der Waals surface area contributed by atoms with Gasteiger partial charge in [0.1, 0.15) is 0 Å². The molecule has 2 aromatic heterocycles. The van der Waals surface area contributed by atoms with Gasteiger partial charge in [0.25, 0.3) is 6.47 Å². The van der Waals surface area contributed by atoms with Crippen LogP contribution >= 0.6 is 22.7 Å². The fourth-order valence-electron chi connectivity index (χ4n) is 2.76. The molecule has 0 amide bonds. The Kier molecular flexibility index (Phi) is 7.95. The largest absolute Gasteiger partial charge is 0.418 e. The molecular weight excluding hydrogens is 312 g/mol. The van der Waals surface area contributed by atoms with Crippen LogP contribution in [-0.4, -0.2) is 6.47 Å². The first-order valence-electron chi connectivity index (χ1n) is 8.45. The summed E-state index contributed by atoms with van der Waals surface area (Å²) >= 11 is 3.35. The topological polar surface area (TPSA) is 26.3 Å². The molecule has 2 heterocycles. The van der Waals surface area contributed by atoms with Crippen molar-refractivity contribution in [3.63, 3.8) is 0 Å². The van der Waals surface area contributed by atoms with E-state index in [1.54, 1.807) is 22.7 Å². The lowest BCUT2D eigenvalue weighted by Crippen LogP contribution is -1.85. The van der Waals surface area contributed by atoms with Gasteiger partial charge in [-0.05, 0) is 23.8 Å². The van der Waals surface area contributed by atoms with Crippen LogP contribution in [0.2, 0.25) is 0 Å². The molecule has 0 saturated carbocycles. The summed E-state index contributed by atoms with van der Waals surface area (Å²) in [6.45, 7) is 2.78. The normalized spacial score (nSPS) is 11.1. The van der Waals surface area contributed by atoms with Crippen molar-refractivity contribution in [3.05, 3.63) is 17.0 Å². The van der Waals surface area contributed by atoms with Gasteiger partial charge < -0.3 is 4.74 Å². The summed E-state index contributed by atoms with van der Waals surface area (Å²) in [6.07, 6.45) is 13.4. The molecule has 122 valence electrons. The Balaban J connectivity index is 1.63. The molecule has 0 radical (unpaired) electrons. The summed E-state index contributed by atoms with van der Waals surface area (Å²) in [5, 5.41) is 2.97. The minimum atomic E-state index is 0.509. The molecule has 0 aliphatic carbocycles. The Morgan fingerprint density at radius 3 is 2.41 bits per heavy atom. The second-order valence-electron chi connectivity index (χ2n) is 5.81. The molecule has 0 aromatic carbocycles. The summed E-state index contributed by atoms with van der Waals surface area (Å²) < 4.78 is 7.50. The lowest BCUT2D eigenvalue weighted by atomic mass is 10.1. The lowest BCUT2D eigenvalue weighted by molar-refractivity contribution is -0.120. The number of fused-ring (bicyclic) bond motifs is 1. The van der Waals surface area contributed by atoms with Crippen LogP contribution in [0.4, 0.5) is 0 Å². The van der Waals surface area contributed by atoms with Gasteiger partial charge in [-0.2, -0.15) is 0 Å². The quantitative estimate of drug-likeness (QED) is 0.323. The summed E-state index contributed by atoms with van der Waals surface area (Å²) in [4.78, 5) is 10.4. The highest BCUT2D eigenvalue weighted by Gasteiger charge is 2.09. The van der Waals surface area contributed by atoms with E-state index in [1.165, 1.54) is 72.8 Å². The van der Waals surface area contributed by atoms with Gasteiger partial charge in [0.2, 0.25) is 0 Å². The maximum atomic E-state index is 10.4. The zero-order valence-electron chi connectivity index (χ0n) is 13.4. The van der Waals surface area contributed by atoms with Crippen LogP contribution in [0, 0.1) is 0 Å². The van der Waals surface area contributed by atoms with Crippen molar-refractivity contribution in [2.24, 2.45) is 0 Å². The number of rotatable bonds is 12. The molecule has 0 unspecified atom stereocenters. The van der Waals surface area contributed by atoms with Crippen LogP contribution in [0.3, 0.4) is 0 Å². The first-order valence-corrected chi connectivity index (χ1v) is 10.1. The fourth-order valence-corrected chi connectivity index (χ4v) is 5.01. The fraction of sp³-hybridized carbons (Fsp3) is 0.611. The molecule has 0 N–H and O–H groups in total. The number of hydrogen-bond acceptors (Lipinski definition) is 4. The third-order valence-electron chi connectivity index (χ3n) is 4.01. The number of thiophene rings is 2. The van der Waals surface area contributed by atoms with Crippen molar-refractivity contribution in [2.75, 3.05) is 0 Å². The number of unbranched alkanes of at least 4 members (excludes halogenated alkanes) is 8. The molecule has 2 nitrogen and oxygen atoms in total. The number of carbonyl (C=O) groups excluding carboxylic acids is 1. The van der Waals surface area contributed by atoms with Gasteiger partial charge in [0.15, 0.2) is 5.06 Å². The van der Waals surface area contributed by atoms with Crippen LogP contribution in [-0.2, 0) is 11.2 Å². The number of hydrogen-bond donors (Lipinski definition) is 0. The standard InChI is InChI=1S/C18H26O2S2/c1-2-3-4-5-6-7-8-9-10-11-15-13-21-16-12-17(20-14-19)22-18(15)16/h12-14H,2-11H2,1H3. The lowest BCUT2D eigenvalue weighted by Gasteiger charge is -2.01. The second-order valence-corrected chi connectivity index (χ2v) is 7.74. The van der Waals surface area contributed by atoms with Crippen molar-refractivity contribution in [3.8, 4) is 5.06 Å². The third-order valence-corrected chi connectivity index (χ3v) is 6.22. The van der Waals surface area contributed by atoms with Gasteiger partial charge in [-0.15, -0.1) is 11.3 Å². The Hall–Kier alpha value is -0.870. The molecule has 0 atom stereocenters. The summed E-state index contributed by atoms with van der Waals surface area (Å²) in [6, 6.07) is 1.97. The number of aryl methyl sites for hydroxylation is 1. The highest BCUT2D eigenvalue weighted by Crippen LogP contribution is 2.38. The van der Waals surface area contributed by atoms with Crippen LogP contribution in [0.1, 0.15) is 70.3 Å². The molecule has 4 heteroatoms. The van der Waals surface area contributed by atoms with E-state index >= 15 is 0 Å². The smallest absolute Gasteiger partial charge is 0.299 e. The summed E-state index contributed by atoms with van der Waals surface area (Å²) in [5.74, 6) is 0. The van der Waals surface area contributed by atoms with E-state index in [9.17, 15) is 4.79 Å². The maximum absolute atomic E-state index is 10.4. The molecule has 0 saturated heterocycles. The van der Waals surface area contributed by atoms with E-state index in [2.05, 4.69) is 12.3 Å². The molecule has 0 aliphatic rings. The maximum Gasteiger partial charge on any atom is 0.299 e. The molecule has 0 spiro atoms. The average Bonchev–Trinajstić information content (AvgIpc) is 3.07. The third kappa shape index (κ3) is 5.40. The zero-order chi connectivity index (χ0) is 15.6. The van der Waals surface area contributed by atoms with Gasteiger partial charge in [0, 0.05) is 10.8 Å². The average molecular weight is 339 g/mol. The molecule has 0 aliphatic heterocycles. The second kappa shape index (κ2) is 10.0. The molecule has 2 aromatic rings. The van der Waals surface area contributed by atoms with Gasteiger partial charge >= 0.3 is 0 Å². The highest BCUT2D eigenvalue weighted by atomic mass is 32.1. The molecule has 0 fully saturated rings. The Bertz CT molecular complexity index is 556. The molecule has 22 heavy (non-hydrogen) atoms.